The molecule has 1 atom stereocenters. The molecule has 4 heteroatoms. The lowest BCUT2D eigenvalue weighted by Crippen LogP contribution is -2.09. The van der Waals surface area contributed by atoms with Gasteiger partial charge < -0.3 is 10.1 Å². The fraction of sp³-hybridized carbons (Fsp3) is 0.250. The van der Waals surface area contributed by atoms with Crippen molar-refractivity contribution in [3.63, 3.8) is 0 Å². The molecule has 0 saturated heterocycles. The number of anilines is 1. The quantitative estimate of drug-likeness (QED) is 0.805. The molecule has 0 heterocycles. The van der Waals surface area contributed by atoms with Crippen LogP contribution in [0, 0.1) is 5.82 Å². The number of benzene rings is 2. The Hall–Kier alpha value is -1.68. The summed E-state index contributed by atoms with van der Waals surface area (Å²) < 4.78 is 19.1. The predicted molar refractivity (Wildman–Crippen MR) is 83.2 cm³/mol. The maximum Gasteiger partial charge on any atom is 0.132 e. The lowest BCUT2D eigenvalue weighted by Gasteiger charge is -2.18. The van der Waals surface area contributed by atoms with Crippen LogP contribution in [0.25, 0.3) is 0 Å². The summed E-state index contributed by atoms with van der Waals surface area (Å²) in [5.74, 6) is 0.272. The highest BCUT2D eigenvalue weighted by Crippen LogP contribution is 2.29. The number of halogens is 1. The van der Waals surface area contributed by atoms with E-state index < -0.39 is 0 Å². The number of para-hydroxylation sites is 1. The highest BCUT2D eigenvalue weighted by atomic mass is 32.2. The molecule has 0 fully saturated rings. The summed E-state index contributed by atoms with van der Waals surface area (Å²) in [7, 11) is 1.53. The van der Waals surface area contributed by atoms with Gasteiger partial charge >= 0.3 is 0 Å². The number of thioether (sulfide) groups is 1. The summed E-state index contributed by atoms with van der Waals surface area (Å²) in [5, 5.41) is 3.35. The van der Waals surface area contributed by atoms with Gasteiger partial charge in [-0.05, 0) is 31.4 Å². The molecule has 0 radical (unpaired) electrons. The Morgan fingerprint density at radius 3 is 2.60 bits per heavy atom. The van der Waals surface area contributed by atoms with Gasteiger partial charge in [0.15, 0.2) is 0 Å². The summed E-state index contributed by atoms with van der Waals surface area (Å²) in [6.07, 6.45) is 2.03. The van der Waals surface area contributed by atoms with Crippen molar-refractivity contribution in [1.29, 1.82) is 0 Å². The van der Waals surface area contributed by atoms with Crippen molar-refractivity contribution in [2.75, 3.05) is 18.7 Å². The highest BCUT2D eigenvalue weighted by molar-refractivity contribution is 7.98. The lowest BCUT2D eigenvalue weighted by molar-refractivity contribution is 0.410. The number of ether oxygens (including phenoxy) is 1. The Balaban J connectivity index is 2.21. The molecule has 0 amide bonds. The van der Waals surface area contributed by atoms with Crippen LogP contribution in [0.2, 0.25) is 0 Å². The van der Waals surface area contributed by atoms with E-state index in [4.69, 9.17) is 4.74 Å². The van der Waals surface area contributed by atoms with Crippen molar-refractivity contribution >= 4 is 17.4 Å². The van der Waals surface area contributed by atoms with Gasteiger partial charge in [-0.15, -0.1) is 11.8 Å². The Bertz CT molecular complexity index is 588. The molecule has 20 heavy (non-hydrogen) atoms. The molecule has 2 rings (SSSR count). The third-order valence-electron chi connectivity index (χ3n) is 3.15. The summed E-state index contributed by atoms with van der Waals surface area (Å²) in [5.41, 5.74) is 1.64. The van der Waals surface area contributed by atoms with Gasteiger partial charge in [-0.1, -0.05) is 18.2 Å². The Morgan fingerprint density at radius 2 is 1.95 bits per heavy atom. The first kappa shape index (κ1) is 14.7. The molecule has 0 aromatic heterocycles. The van der Waals surface area contributed by atoms with Crippen molar-refractivity contribution in [3.05, 3.63) is 53.8 Å². The SMILES string of the molecule is COc1ccc(C(C)Nc2ccccc2SC)c(F)c1. The van der Waals surface area contributed by atoms with Crippen LogP contribution in [0.3, 0.4) is 0 Å². The number of methoxy groups -OCH3 is 1. The largest absolute Gasteiger partial charge is 0.497 e. The van der Waals surface area contributed by atoms with E-state index in [0.717, 1.165) is 10.6 Å². The van der Waals surface area contributed by atoms with Gasteiger partial charge in [0.05, 0.1) is 13.2 Å². The zero-order chi connectivity index (χ0) is 14.5. The van der Waals surface area contributed by atoms with Crippen LogP contribution in [0.5, 0.6) is 5.75 Å². The molecule has 0 aliphatic rings. The summed E-state index contributed by atoms with van der Waals surface area (Å²) in [6, 6.07) is 12.8. The normalized spacial score (nSPS) is 12.0. The van der Waals surface area contributed by atoms with Crippen molar-refractivity contribution in [2.45, 2.75) is 17.9 Å². The third-order valence-corrected chi connectivity index (χ3v) is 3.95. The first-order valence-electron chi connectivity index (χ1n) is 6.38. The zero-order valence-electron chi connectivity index (χ0n) is 11.8. The van der Waals surface area contributed by atoms with E-state index in [0.29, 0.717) is 11.3 Å². The van der Waals surface area contributed by atoms with Gasteiger partial charge in [-0.25, -0.2) is 4.39 Å². The average Bonchev–Trinajstić information content (AvgIpc) is 2.47. The van der Waals surface area contributed by atoms with Crippen molar-refractivity contribution < 1.29 is 9.13 Å². The summed E-state index contributed by atoms with van der Waals surface area (Å²) >= 11 is 1.67. The van der Waals surface area contributed by atoms with Crippen LogP contribution in [-0.2, 0) is 0 Å². The summed E-state index contributed by atoms with van der Waals surface area (Å²) in [6.45, 7) is 1.95. The molecule has 106 valence electrons. The second-order valence-electron chi connectivity index (χ2n) is 4.45. The minimum Gasteiger partial charge on any atom is -0.497 e. The standard InChI is InChI=1S/C16H18FNOS/c1-11(13-9-8-12(19-2)10-14(13)17)18-15-6-4-5-7-16(15)20-3/h4-11,18H,1-3H3. The third kappa shape index (κ3) is 3.25. The van der Waals surface area contributed by atoms with Crippen molar-refractivity contribution in [3.8, 4) is 5.75 Å². The maximum absolute atomic E-state index is 14.0. The van der Waals surface area contributed by atoms with Gasteiger partial charge in [0, 0.05) is 22.2 Å². The van der Waals surface area contributed by atoms with Crippen LogP contribution in [0.15, 0.2) is 47.4 Å². The number of hydrogen-bond donors (Lipinski definition) is 1. The Morgan fingerprint density at radius 1 is 1.20 bits per heavy atom. The molecule has 2 nitrogen and oxygen atoms in total. The molecule has 2 aromatic carbocycles. The molecular formula is C16H18FNOS. The highest BCUT2D eigenvalue weighted by Gasteiger charge is 2.13. The Labute approximate surface area is 123 Å². The summed E-state index contributed by atoms with van der Waals surface area (Å²) in [4.78, 5) is 1.15. The van der Waals surface area contributed by atoms with Crippen LogP contribution in [0.4, 0.5) is 10.1 Å². The zero-order valence-corrected chi connectivity index (χ0v) is 12.6. The minimum absolute atomic E-state index is 0.116. The molecule has 0 spiro atoms. The first-order valence-corrected chi connectivity index (χ1v) is 7.61. The lowest BCUT2D eigenvalue weighted by atomic mass is 10.1. The maximum atomic E-state index is 14.0. The molecule has 1 N–H and O–H groups in total. The second kappa shape index (κ2) is 6.66. The average molecular weight is 291 g/mol. The van der Waals surface area contributed by atoms with Crippen molar-refractivity contribution in [2.24, 2.45) is 0 Å². The van der Waals surface area contributed by atoms with Crippen LogP contribution < -0.4 is 10.1 Å². The van der Waals surface area contributed by atoms with Gasteiger partial charge in [0.1, 0.15) is 11.6 Å². The fourth-order valence-electron chi connectivity index (χ4n) is 2.06. The molecule has 0 aliphatic heterocycles. The van der Waals surface area contributed by atoms with Gasteiger partial charge in [0.25, 0.3) is 0 Å². The van der Waals surface area contributed by atoms with E-state index in [2.05, 4.69) is 5.32 Å². The number of nitrogens with one attached hydrogen (secondary N) is 1. The Kier molecular flexibility index (Phi) is 4.90. The smallest absolute Gasteiger partial charge is 0.132 e. The van der Waals surface area contributed by atoms with Gasteiger partial charge in [-0.2, -0.15) is 0 Å². The number of rotatable bonds is 5. The molecular weight excluding hydrogens is 273 g/mol. The topological polar surface area (TPSA) is 21.3 Å². The molecule has 1 unspecified atom stereocenters. The molecule has 0 bridgehead atoms. The number of hydrogen-bond acceptors (Lipinski definition) is 3. The minimum atomic E-state index is -0.258. The second-order valence-corrected chi connectivity index (χ2v) is 5.30. The van der Waals surface area contributed by atoms with Crippen LogP contribution in [0.1, 0.15) is 18.5 Å². The van der Waals surface area contributed by atoms with Gasteiger partial charge in [0.2, 0.25) is 0 Å². The van der Waals surface area contributed by atoms with Crippen LogP contribution >= 0.6 is 11.8 Å². The molecule has 2 aromatic rings. The predicted octanol–water partition coefficient (Wildman–Crippen LogP) is 4.73. The van der Waals surface area contributed by atoms with Crippen LogP contribution in [-0.4, -0.2) is 13.4 Å². The van der Waals surface area contributed by atoms with E-state index in [-0.39, 0.29) is 11.9 Å². The van der Waals surface area contributed by atoms with Crippen molar-refractivity contribution in [1.82, 2.24) is 0 Å². The van der Waals surface area contributed by atoms with E-state index >= 15 is 0 Å². The monoisotopic (exact) mass is 291 g/mol. The first-order chi connectivity index (χ1) is 9.65. The van der Waals surface area contributed by atoms with E-state index in [1.54, 1.807) is 23.9 Å². The van der Waals surface area contributed by atoms with E-state index in [1.807, 2.05) is 37.4 Å². The van der Waals surface area contributed by atoms with E-state index in [9.17, 15) is 4.39 Å². The molecule has 0 saturated carbocycles. The molecule has 0 aliphatic carbocycles. The van der Waals surface area contributed by atoms with Gasteiger partial charge in [-0.3, -0.25) is 0 Å². The fourth-order valence-corrected chi connectivity index (χ4v) is 2.62. The van der Waals surface area contributed by atoms with E-state index in [1.165, 1.54) is 13.2 Å².